The lowest BCUT2D eigenvalue weighted by molar-refractivity contribution is -0.400. The van der Waals surface area contributed by atoms with Crippen LogP contribution in [-0.4, -0.2) is 12.5 Å². The molecule has 0 radical (unpaired) electrons. The quantitative estimate of drug-likeness (QED) is 0.659. The Morgan fingerprint density at radius 3 is 1.91 bits per heavy atom. The van der Waals surface area contributed by atoms with Gasteiger partial charge in [0.25, 0.3) is 5.92 Å². The molecule has 2 N–H and O–H groups in total. The van der Waals surface area contributed by atoms with Crippen LogP contribution in [-0.2, 0) is 0 Å². The van der Waals surface area contributed by atoms with Crippen LogP contribution >= 0.6 is 12.4 Å². The van der Waals surface area contributed by atoms with Crippen molar-refractivity contribution in [3.8, 4) is 0 Å². The van der Waals surface area contributed by atoms with Crippen LogP contribution in [0.3, 0.4) is 0 Å². The molecule has 0 aromatic heterocycles. The second-order valence-electron chi connectivity index (χ2n) is 3.97. The highest BCUT2D eigenvalue weighted by atomic mass is 35.5. The van der Waals surface area contributed by atoms with Crippen molar-refractivity contribution in [3.63, 3.8) is 0 Å². The molecule has 3 rings (SSSR count). The molecule has 3 aliphatic carbocycles. The van der Waals surface area contributed by atoms with Gasteiger partial charge in [0.1, 0.15) is 0 Å². The molecule has 0 aliphatic heterocycles. The van der Waals surface area contributed by atoms with E-state index in [-0.39, 0.29) is 19.0 Å². The zero-order chi connectivity index (χ0) is 7.62. The Labute approximate surface area is 70.7 Å². The molecule has 11 heavy (non-hydrogen) atoms. The monoisotopic (exact) mass is 183 g/mol. The van der Waals surface area contributed by atoms with E-state index in [9.17, 15) is 8.78 Å². The summed E-state index contributed by atoms with van der Waals surface area (Å²) in [5, 5.41) is 0. The van der Waals surface area contributed by atoms with E-state index in [1.165, 1.54) is 0 Å². The molecule has 0 amide bonds. The SMILES string of the molecule is CC12CC(CN)(C1)C2(F)F.Cl. The summed E-state index contributed by atoms with van der Waals surface area (Å²) >= 11 is 0. The lowest BCUT2D eigenvalue weighted by Crippen LogP contribution is -2.79. The van der Waals surface area contributed by atoms with Crippen molar-refractivity contribution in [2.75, 3.05) is 6.54 Å². The van der Waals surface area contributed by atoms with Crippen LogP contribution in [0.15, 0.2) is 0 Å². The fourth-order valence-corrected chi connectivity index (χ4v) is 2.59. The first-order chi connectivity index (χ1) is 4.47. The zero-order valence-corrected chi connectivity index (χ0v) is 7.18. The molecule has 4 heteroatoms. The first kappa shape index (κ1) is 9.20. The number of rotatable bonds is 1. The molecule has 3 saturated carbocycles. The van der Waals surface area contributed by atoms with Crippen molar-refractivity contribution >= 4 is 12.4 Å². The average molecular weight is 184 g/mol. The summed E-state index contributed by atoms with van der Waals surface area (Å²) in [5.74, 6) is -2.46. The van der Waals surface area contributed by atoms with Crippen molar-refractivity contribution in [1.82, 2.24) is 0 Å². The van der Waals surface area contributed by atoms with Crippen molar-refractivity contribution in [3.05, 3.63) is 0 Å². The molecule has 2 bridgehead atoms. The number of hydrogen-bond donors (Lipinski definition) is 1. The molecule has 66 valence electrons. The third-order valence-corrected chi connectivity index (χ3v) is 3.27. The minimum atomic E-state index is -2.46. The molecule has 0 unspecified atom stereocenters. The van der Waals surface area contributed by atoms with Gasteiger partial charge < -0.3 is 5.73 Å². The highest BCUT2D eigenvalue weighted by Crippen LogP contribution is 2.80. The summed E-state index contributed by atoms with van der Waals surface area (Å²) in [7, 11) is 0. The van der Waals surface area contributed by atoms with Crippen LogP contribution in [0.1, 0.15) is 19.8 Å². The van der Waals surface area contributed by atoms with Gasteiger partial charge in [-0.15, -0.1) is 12.4 Å². The second kappa shape index (κ2) is 1.88. The van der Waals surface area contributed by atoms with Gasteiger partial charge in [0.2, 0.25) is 0 Å². The summed E-state index contributed by atoms with van der Waals surface area (Å²) in [6.45, 7) is 1.79. The lowest BCUT2D eigenvalue weighted by Gasteiger charge is -2.74. The third-order valence-electron chi connectivity index (χ3n) is 3.27. The fraction of sp³-hybridized carbons (Fsp3) is 1.00. The van der Waals surface area contributed by atoms with E-state index in [1.807, 2.05) is 0 Å². The maximum absolute atomic E-state index is 12.9. The first-order valence-corrected chi connectivity index (χ1v) is 3.55. The summed E-state index contributed by atoms with van der Waals surface area (Å²) in [6.07, 6.45) is 1.26. The summed E-state index contributed by atoms with van der Waals surface area (Å²) < 4.78 is 25.9. The lowest BCUT2D eigenvalue weighted by atomic mass is 9.33. The maximum Gasteiger partial charge on any atom is 0.260 e. The number of hydrogen-bond acceptors (Lipinski definition) is 1. The minimum absolute atomic E-state index is 0. The van der Waals surface area contributed by atoms with Crippen LogP contribution in [0, 0.1) is 10.8 Å². The molecular formula is C7H12ClF2N. The Bertz CT molecular complexity index is 187. The highest BCUT2D eigenvalue weighted by molar-refractivity contribution is 5.85. The summed E-state index contributed by atoms with van der Waals surface area (Å²) in [4.78, 5) is 0. The largest absolute Gasteiger partial charge is 0.330 e. The van der Waals surface area contributed by atoms with Crippen LogP contribution in [0.25, 0.3) is 0 Å². The van der Waals surface area contributed by atoms with E-state index >= 15 is 0 Å². The van der Waals surface area contributed by atoms with Crippen LogP contribution in [0.4, 0.5) is 8.78 Å². The smallest absolute Gasteiger partial charge is 0.260 e. The molecule has 1 nitrogen and oxygen atoms in total. The van der Waals surface area contributed by atoms with Gasteiger partial charge in [-0.2, -0.15) is 0 Å². The van der Waals surface area contributed by atoms with Gasteiger partial charge >= 0.3 is 0 Å². The van der Waals surface area contributed by atoms with Gasteiger partial charge in [0, 0.05) is 17.4 Å². The van der Waals surface area contributed by atoms with E-state index in [1.54, 1.807) is 6.92 Å². The number of alkyl halides is 2. The predicted octanol–water partition coefficient (Wildman–Crippen LogP) is 1.80. The first-order valence-electron chi connectivity index (χ1n) is 3.55. The highest BCUT2D eigenvalue weighted by Gasteiger charge is 2.85. The molecule has 3 aliphatic rings. The normalized spacial score (nSPS) is 50.2. The van der Waals surface area contributed by atoms with E-state index in [0.717, 1.165) is 0 Å². The van der Waals surface area contributed by atoms with Crippen molar-refractivity contribution in [1.29, 1.82) is 0 Å². The Kier molecular flexibility index (Phi) is 1.57. The Balaban J connectivity index is 0.000000605. The molecule has 0 aromatic rings. The van der Waals surface area contributed by atoms with Gasteiger partial charge in [0.15, 0.2) is 0 Å². The number of halogens is 3. The Morgan fingerprint density at radius 2 is 1.82 bits per heavy atom. The molecular weight excluding hydrogens is 172 g/mol. The van der Waals surface area contributed by atoms with Crippen LogP contribution in [0.5, 0.6) is 0 Å². The second-order valence-corrected chi connectivity index (χ2v) is 3.97. The summed E-state index contributed by atoms with van der Waals surface area (Å²) in [5.41, 5.74) is 3.78. The standard InChI is InChI=1S/C7H11F2N.ClH/c1-5-2-6(3-5,4-10)7(5,8)9;/h2-4,10H2,1H3;1H. The van der Waals surface area contributed by atoms with Gasteiger partial charge in [-0.3, -0.25) is 0 Å². The number of nitrogens with two attached hydrogens (primary N) is 1. The molecule has 0 aromatic carbocycles. The molecule has 0 heterocycles. The van der Waals surface area contributed by atoms with Gasteiger partial charge in [-0.25, -0.2) is 8.78 Å². The molecule has 0 atom stereocenters. The topological polar surface area (TPSA) is 26.0 Å². The van der Waals surface area contributed by atoms with E-state index in [0.29, 0.717) is 12.8 Å². The van der Waals surface area contributed by atoms with E-state index in [2.05, 4.69) is 0 Å². The Morgan fingerprint density at radius 1 is 1.36 bits per heavy atom. The molecule has 0 spiro atoms. The van der Waals surface area contributed by atoms with Crippen LogP contribution < -0.4 is 5.73 Å². The van der Waals surface area contributed by atoms with Gasteiger partial charge in [-0.05, 0) is 12.8 Å². The Hall–Kier alpha value is 0.110. The third kappa shape index (κ3) is 0.607. The van der Waals surface area contributed by atoms with Crippen LogP contribution in [0.2, 0.25) is 0 Å². The zero-order valence-electron chi connectivity index (χ0n) is 6.36. The van der Waals surface area contributed by atoms with Gasteiger partial charge in [-0.1, -0.05) is 6.92 Å². The molecule has 0 saturated heterocycles. The van der Waals surface area contributed by atoms with E-state index < -0.39 is 16.8 Å². The predicted molar refractivity (Wildman–Crippen MR) is 41.0 cm³/mol. The average Bonchev–Trinajstić information content (AvgIpc) is 1.82. The fourth-order valence-electron chi connectivity index (χ4n) is 2.59. The van der Waals surface area contributed by atoms with Crippen molar-refractivity contribution in [2.24, 2.45) is 16.6 Å². The minimum Gasteiger partial charge on any atom is -0.330 e. The van der Waals surface area contributed by atoms with Crippen molar-refractivity contribution in [2.45, 2.75) is 25.7 Å². The molecule has 3 fully saturated rings. The maximum atomic E-state index is 12.9. The van der Waals surface area contributed by atoms with Crippen molar-refractivity contribution < 1.29 is 8.78 Å². The van der Waals surface area contributed by atoms with E-state index in [4.69, 9.17) is 5.73 Å². The summed E-state index contributed by atoms with van der Waals surface area (Å²) in [6, 6.07) is 0. The van der Waals surface area contributed by atoms with Gasteiger partial charge in [0.05, 0.1) is 0 Å².